The minimum atomic E-state index is -0.579. The van der Waals surface area contributed by atoms with Crippen LogP contribution in [0.1, 0.15) is 18.1 Å². The number of hydrogen-bond donors (Lipinski definition) is 2. The van der Waals surface area contributed by atoms with Crippen molar-refractivity contribution < 1.29 is 23.5 Å². The highest BCUT2D eigenvalue weighted by Gasteiger charge is 2.26. The monoisotopic (exact) mass is 478 g/mol. The molecule has 1 aliphatic heterocycles. The van der Waals surface area contributed by atoms with E-state index in [0.29, 0.717) is 28.1 Å². The second kappa shape index (κ2) is 9.15. The summed E-state index contributed by atoms with van der Waals surface area (Å²) in [7, 11) is 0. The highest BCUT2D eigenvalue weighted by molar-refractivity contribution is 9.10. The van der Waals surface area contributed by atoms with Crippen molar-refractivity contribution in [1.29, 1.82) is 0 Å². The fraction of sp³-hybridized carbons (Fsp3) is 0.150. The van der Waals surface area contributed by atoms with Crippen molar-refractivity contribution in [3.63, 3.8) is 0 Å². The number of nitrogens with one attached hydrogen (secondary N) is 2. The van der Waals surface area contributed by atoms with Gasteiger partial charge in [-0.3, -0.25) is 20.2 Å². The lowest BCUT2D eigenvalue weighted by molar-refractivity contribution is -0.123. The number of ether oxygens (including phenoxy) is 2. The smallest absolute Gasteiger partial charge is 0.263 e. The highest BCUT2D eigenvalue weighted by Crippen LogP contribution is 2.38. The summed E-state index contributed by atoms with van der Waals surface area (Å²) in [5.41, 5.74) is 1.27. The third kappa shape index (κ3) is 5.18. The first kappa shape index (κ1) is 20.9. The standard InChI is InChI=1S/C20H16BrFN2O4S/c1-2-27-16-9-12(7-14-18(25)23-20(29)24-19(14)26)8-15(21)17(16)28-10-11-3-5-13(22)6-4-11/h3-9H,2,10H2,1H3,(H2,23,24,25,26,29). The van der Waals surface area contributed by atoms with E-state index in [1.807, 2.05) is 6.92 Å². The van der Waals surface area contributed by atoms with E-state index in [9.17, 15) is 14.0 Å². The Hall–Kier alpha value is -2.78. The van der Waals surface area contributed by atoms with Crippen LogP contribution in [0.3, 0.4) is 0 Å². The fourth-order valence-electron chi connectivity index (χ4n) is 2.58. The van der Waals surface area contributed by atoms with Crippen LogP contribution in [0.5, 0.6) is 11.5 Å². The molecule has 1 fully saturated rings. The zero-order valence-corrected chi connectivity index (χ0v) is 17.7. The molecule has 2 N–H and O–H groups in total. The number of amides is 2. The van der Waals surface area contributed by atoms with Gasteiger partial charge in [-0.2, -0.15) is 0 Å². The van der Waals surface area contributed by atoms with E-state index in [2.05, 4.69) is 26.6 Å². The molecule has 0 aromatic heterocycles. The lowest BCUT2D eigenvalue weighted by Crippen LogP contribution is -2.51. The van der Waals surface area contributed by atoms with Crippen LogP contribution in [0, 0.1) is 5.82 Å². The number of halogens is 2. The van der Waals surface area contributed by atoms with Gasteiger partial charge in [-0.05, 0) is 76.5 Å². The van der Waals surface area contributed by atoms with E-state index >= 15 is 0 Å². The van der Waals surface area contributed by atoms with Gasteiger partial charge in [0, 0.05) is 0 Å². The first-order valence-electron chi connectivity index (χ1n) is 8.59. The second-order valence-corrected chi connectivity index (χ2v) is 7.24. The van der Waals surface area contributed by atoms with Crippen LogP contribution in [0.25, 0.3) is 6.08 Å². The predicted octanol–water partition coefficient (Wildman–Crippen LogP) is 3.48. The summed E-state index contributed by atoms with van der Waals surface area (Å²) in [4.78, 5) is 24.1. The zero-order chi connectivity index (χ0) is 21.0. The fourth-order valence-corrected chi connectivity index (χ4v) is 3.34. The van der Waals surface area contributed by atoms with E-state index in [4.69, 9.17) is 21.7 Å². The topological polar surface area (TPSA) is 76.7 Å². The molecule has 2 amide bonds. The molecule has 0 spiro atoms. The number of carbonyl (C=O) groups is 2. The van der Waals surface area contributed by atoms with E-state index in [0.717, 1.165) is 5.56 Å². The largest absolute Gasteiger partial charge is 0.490 e. The molecule has 9 heteroatoms. The molecule has 0 bridgehead atoms. The Morgan fingerprint density at radius 1 is 1.10 bits per heavy atom. The summed E-state index contributed by atoms with van der Waals surface area (Å²) in [6.45, 7) is 2.42. The van der Waals surface area contributed by atoms with Crippen LogP contribution in [-0.2, 0) is 16.2 Å². The van der Waals surface area contributed by atoms with Gasteiger partial charge in [0.1, 0.15) is 18.0 Å². The maximum Gasteiger partial charge on any atom is 0.263 e. The average Bonchev–Trinajstić information content (AvgIpc) is 2.65. The Morgan fingerprint density at radius 3 is 2.38 bits per heavy atom. The summed E-state index contributed by atoms with van der Waals surface area (Å²) < 4.78 is 25.1. The Bertz CT molecular complexity index is 986. The van der Waals surface area contributed by atoms with Crippen molar-refractivity contribution in [3.8, 4) is 11.5 Å². The number of thiocarbonyl (C=S) groups is 1. The van der Waals surface area contributed by atoms with E-state index in [1.54, 1.807) is 24.3 Å². The Morgan fingerprint density at radius 2 is 1.76 bits per heavy atom. The molecule has 1 saturated heterocycles. The second-order valence-electron chi connectivity index (χ2n) is 5.97. The Kier molecular flexibility index (Phi) is 6.60. The van der Waals surface area contributed by atoms with E-state index < -0.39 is 11.8 Å². The molecule has 1 aliphatic rings. The molecule has 2 aromatic carbocycles. The van der Waals surface area contributed by atoms with Crippen LogP contribution in [0.2, 0.25) is 0 Å². The lowest BCUT2D eigenvalue weighted by Gasteiger charge is -2.17. The molecule has 2 aromatic rings. The molecule has 29 heavy (non-hydrogen) atoms. The van der Waals surface area contributed by atoms with Crippen molar-refractivity contribution in [1.82, 2.24) is 10.6 Å². The normalized spacial score (nSPS) is 13.6. The maximum absolute atomic E-state index is 13.1. The summed E-state index contributed by atoms with van der Waals surface area (Å²) in [6.07, 6.45) is 1.43. The number of hydrogen-bond acceptors (Lipinski definition) is 5. The SMILES string of the molecule is CCOc1cc(C=C2C(=O)NC(=S)NC2=O)cc(Br)c1OCc1ccc(F)cc1. The maximum atomic E-state index is 13.1. The molecular weight excluding hydrogens is 463 g/mol. The molecule has 0 aliphatic carbocycles. The van der Waals surface area contributed by atoms with Gasteiger partial charge in [0.25, 0.3) is 11.8 Å². The number of benzene rings is 2. The van der Waals surface area contributed by atoms with Crippen LogP contribution in [0.15, 0.2) is 46.4 Å². The predicted molar refractivity (Wildman–Crippen MR) is 113 cm³/mol. The van der Waals surface area contributed by atoms with Crippen LogP contribution >= 0.6 is 28.1 Å². The molecular formula is C20H16BrFN2O4S. The van der Waals surface area contributed by atoms with E-state index in [1.165, 1.54) is 18.2 Å². The third-order valence-electron chi connectivity index (χ3n) is 3.88. The molecule has 0 saturated carbocycles. The first-order chi connectivity index (χ1) is 13.9. The molecule has 0 unspecified atom stereocenters. The van der Waals surface area contributed by atoms with Gasteiger partial charge in [-0.1, -0.05) is 12.1 Å². The van der Waals surface area contributed by atoms with Crippen molar-refractivity contribution in [2.24, 2.45) is 0 Å². The minimum Gasteiger partial charge on any atom is -0.490 e. The van der Waals surface area contributed by atoms with Crippen molar-refractivity contribution in [2.75, 3.05) is 6.61 Å². The molecule has 150 valence electrons. The van der Waals surface area contributed by atoms with Crippen molar-refractivity contribution >= 4 is 51.2 Å². The van der Waals surface area contributed by atoms with Gasteiger partial charge >= 0.3 is 0 Å². The molecule has 1 heterocycles. The minimum absolute atomic E-state index is 0.0297. The Labute approximate surface area is 180 Å². The Balaban J connectivity index is 1.88. The quantitative estimate of drug-likeness (QED) is 0.377. The van der Waals surface area contributed by atoms with Gasteiger partial charge in [-0.15, -0.1) is 0 Å². The average molecular weight is 479 g/mol. The van der Waals surface area contributed by atoms with E-state index in [-0.39, 0.29) is 23.1 Å². The lowest BCUT2D eigenvalue weighted by atomic mass is 10.1. The number of rotatable bonds is 6. The van der Waals surface area contributed by atoms with Gasteiger partial charge in [0.15, 0.2) is 16.6 Å². The summed E-state index contributed by atoms with van der Waals surface area (Å²) in [5, 5.41) is 4.74. The molecule has 0 atom stereocenters. The van der Waals surface area contributed by atoms with Crippen molar-refractivity contribution in [2.45, 2.75) is 13.5 Å². The molecule has 3 rings (SSSR count). The van der Waals surface area contributed by atoms with Crippen LogP contribution in [0.4, 0.5) is 4.39 Å². The summed E-state index contributed by atoms with van der Waals surface area (Å²) >= 11 is 8.23. The zero-order valence-electron chi connectivity index (χ0n) is 15.3. The van der Waals surface area contributed by atoms with Crippen LogP contribution in [-0.4, -0.2) is 23.5 Å². The highest BCUT2D eigenvalue weighted by atomic mass is 79.9. The molecule has 0 radical (unpaired) electrons. The number of carbonyl (C=O) groups excluding carboxylic acids is 2. The molecule has 6 nitrogen and oxygen atoms in total. The van der Waals surface area contributed by atoms with Gasteiger partial charge < -0.3 is 9.47 Å². The van der Waals surface area contributed by atoms with Gasteiger partial charge in [0.05, 0.1) is 11.1 Å². The van der Waals surface area contributed by atoms with Gasteiger partial charge in [0.2, 0.25) is 0 Å². The third-order valence-corrected chi connectivity index (χ3v) is 4.68. The van der Waals surface area contributed by atoms with Gasteiger partial charge in [-0.25, -0.2) is 4.39 Å². The summed E-state index contributed by atoms with van der Waals surface area (Å²) in [6, 6.07) is 9.34. The summed E-state index contributed by atoms with van der Waals surface area (Å²) in [5.74, 6) is -0.590. The first-order valence-corrected chi connectivity index (χ1v) is 9.79. The van der Waals surface area contributed by atoms with Crippen molar-refractivity contribution in [3.05, 3.63) is 63.4 Å². The van der Waals surface area contributed by atoms with Crippen LogP contribution < -0.4 is 20.1 Å².